The SMILES string of the molecule is Cn1c(=O)n([C@@H]2CCOc3ccc(F)cc32)c2nc(-n3cnc4ccc(C#N)cc43)ncc21. The average Bonchev–Trinajstić information content (AvgIpc) is 3.36. The highest BCUT2D eigenvalue weighted by molar-refractivity contribution is 5.79. The van der Waals surface area contributed by atoms with Gasteiger partial charge in [0.15, 0.2) is 5.65 Å². The molecule has 0 saturated carbocycles. The van der Waals surface area contributed by atoms with E-state index in [9.17, 15) is 14.4 Å². The third kappa shape index (κ3) is 2.82. The van der Waals surface area contributed by atoms with Gasteiger partial charge in [-0.05, 0) is 36.4 Å². The minimum absolute atomic E-state index is 0.277. The second-order valence-corrected chi connectivity index (χ2v) is 7.86. The number of imidazole rings is 2. The molecule has 1 aliphatic rings. The van der Waals surface area contributed by atoms with Crippen LogP contribution in [0.1, 0.15) is 23.6 Å². The zero-order valence-corrected chi connectivity index (χ0v) is 17.4. The van der Waals surface area contributed by atoms with Gasteiger partial charge in [-0.15, -0.1) is 0 Å². The summed E-state index contributed by atoms with van der Waals surface area (Å²) in [6.07, 6.45) is 3.66. The minimum Gasteiger partial charge on any atom is -0.493 e. The fourth-order valence-electron chi connectivity index (χ4n) is 4.38. The van der Waals surface area contributed by atoms with E-state index in [0.29, 0.717) is 58.0 Å². The molecule has 0 amide bonds. The van der Waals surface area contributed by atoms with Crippen molar-refractivity contribution in [2.24, 2.45) is 7.05 Å². The average molecular weight is 441 g/mol. The quantitative estimate of drug-likeness (QED) is 0.417. The summed E-state index contributed by atoms with van der Waals surface area (Å²) in [5, 5.41) is 9.26. The first-order chi connectivity index (χ1) is 16.0. The lowest BCUT2D eigenvalue weighted by Gasteiger charge is -2.26. The van der Waals surface area contributed by atoms with E-state index in [0.717, 1.165) is 0 Å². The Morgan fingerprint density at radius 2 is 2.06 bits per heavy atom. The summed E-state index contributed by atoms with van der Waals surface area (Å²) in [7, 11) is 1.65. The lowest BCUT2D eigenvalue weighted by atomic mass is 10.00. The molecule has 10 heteroatoms. The van der Waals surface area contributed by atoms with E-state index in [-0.39, 0.29) is 5.69 Å². The zero-order valence-electron chi connectivity index (χ0n) is 17.4. The Labute approximate surface area is 185 Å². The molecule has 5 aromatic rings. The highest BCUT2D eigenvalue weighted by atomic mass is 19.1. The predicted molar refractivity (Wildman–Crippen MR) is 117 cm³/mol. The molecule has 2 aromatic carbocycles. The summed E-state index contributed by atoms with van der Waals surface area (Å²) in [5.41, 5.74) is 3.16. The van der Waals surface area contributed by atoms with Gasteiger partial charge in [0, 0.05) is 19.0 Å². The molecule has 162 valence electrons. The van der Waals surface area contributed by atoms with Gasteiger partial charge in [-0.1, -0.05) is 0 Å². The number of hydrogen-bond donors (Lipinski definition) is 0. The van der Waals surface area contributed by atoms with E-state index in [1.54, 1.807) is 53.0 Å². The molecule has 0 fully saturated rings. The van der Waals surface area contributed by atoms with Crippen LogP contribution in [-0.4, -0.2) is 35.3 Å². The van der Waals surface area contributed by atoms with E-state index >= 15 is 0 Å². The van der Waals surface area contributed by atoms with Crippen LogP contribution in [0, 0.1) is 17.1 Å². The van der Waals surface area contributed by atoms with Crippen molar-refractivity contribution in [3.05, 3.63) is 76.4 Å². The fraction of sp³-hybridized carbons (Fsp3) is 0.174. The molecule has 0 N–H and O–H groups in total. The summed E-state index contributed by atoms with van der Waals surface area (Å²) in [4.78, 5) is 26.8. The highest BCUT2D eigenvalue weighted by Crippen LogP contribution is 2.36. The number of ether oxygens (including phenoxy) is 1. The van der Waals surface area contributed by atoms with E-state index < -0.39 is 11.9 Å². The van der Waals surface area contributed by atoms with Gasteiger partial charge in [0.25, 0.3) is 0 Å². The van der Waals surface area contributed by atoms with Crippen molar-refractivity contribution >= 4 is 22.2 Å². The molecule has 0 aliphatic carbocycles. The van der Waals surface area contributed by atoms with E-state index in [1.807, 2.05) is 0 Å². The van der Waals surface area contributed by atoms with Crippen LogP contribution in [-0.2, 0) is 7.05 Å². The summed E-state index contributed by atoms with van der Waals surface area (Å²) in [5.74, 6) is 0.465. The molecular formula is C23H16FN7O2. The number of aromatic nitrogens is 6. The third-order valence-corrected chi connectivity index (χ3v) is 6.00. The lowest BCUT2D eigenvalue weighted by molar-refractivity contribution is 0.255. The van der Waals surface area contributed by atoms with Crippen molar-refractivity contribution in [2.45, 2.75) is 12.5 Å². The summed E-state index contributed by atoms with van der Waals surface area (Å²) >= 11 is 0. The van der Waals surface area contributed by atoms with Crippen molar-refractivity contribution in [3.63, 3.8) is 0 Å². The van der Waals surface area contributed by atoms with Crippen LogP contribution in [0.3, 0.4) is 0 Å². The van der Waals surface area contributed by atoms with Crippen LogP contribution >= 0.6 is 0 Å². The van der Waals surface area contributed by atoms with Gasteiger partial charge in [-0.2, -0.15) is 10.2 Å². The molecule has 0 unspecified atom stereocenters. The lowest BCUT2D eigenvalue weighted by Crippen LogP contribution is -2.30. The number of hydrogen-bond acceptors (Lipinski definition) is 6. The van der Waals surface area contributed by atoms with Crippen molar-refractivity contribution < 1.29 is 9.13 Å². The summed E-state index contributed by atoms with van der Waals surface area (Å²) < 4.78 is 24.5. The summed E-state index contributed by atoms with van der Waals surface area (Å²) in [6, 6.07) is 11.2. The van der Waals surface area contributed by atoms with E-state index in [1.165, 1.54) is 16.7 Å². The van der Waals surface area contributed by atoms with Crippen LogP contribution in [0.2, 0.25) is 0 Å². The standard InChI is InChI=1S/C23H16FN7O2/c1-29-19-11-26-22(30-12-27-16-4-2-13(10-25)8-18(16)30)28-21(19)31(23(29)32)17-6-7-33-20-5-3-14(24)9-15(17)20/h2-5,8-9,11-12,17H,6-7H2,1H3/t17-/m1/s1. The number of halogens is 1. The largest absolute Gasteiger partial charge is 0.493 e. The van der Waals surface area contributed by atoms with Gasteiger partial charge in [-0.3, -0.25) is 13.7 Å². The molecule has 33 heavy (non-hydrogen) atoms. The Balaban J connectivity index is 1.59. The maximum Gasteiger partial charge on any atom is 0.330 e. The summed E-state index contributed by atoms with van der Waals surface area (Å²) in [6.45, 7) is 0.396. The van der Waals surface area contributed by atoms with E-state index in [4.69, 9.17) is 9.72 Å². The number of nitriles is 1. The molecule has 0 radical (unpaired) electrons. The van der Waals surface area contributed by atoms with Crippen molar-refractivity contribution in [1.82, 2.24) is 28.7 Å². The number of benzene rings is 2. The number of aryl methyl sites for hydroxylation is 1. The van der Waals surface area contributed by atoms with Gasteiger partial charge < -0.3 is 4.74 Å². The van der Waals surface area contributed by atoms with Gasteiger partial charge in [-0.25, -0.2) is 19.2 Å². The molecule has 0 spiro atoms. The molecule has 1 atom stereocenters. The molecule has 0 saturated heterocycles. The molecule has 9 nitrogen and oxygen atoms in total. The van der Waals surface area contributed by atoms with E-state index in [2.05, 4.69) is 16.0 Å². The zero-order chi connectivity index (χ0) is 22.7. The predicted octanol–water partition coefficient (Wildman–Crippen LogP) is 2.85. The van der Waals surface area contributed by atoms with Crippen LogP contribution in [0.4, 0.5) is 4.39 Å². The van der Waals surface area contributed by atoms with Crippen LogP contribution in [0.5, 0.6) is 5.75 Å². The van der Waals surface area contributed by atoms with Gasteiger partial charge in [0.1, 0.15) is 23.4 Å². The Kier molecular flexibility index (Phi) is 4.07. The van der Waals surface area contributed by atoms with Crippen LogP contribution < -0.4 is 10.4 Å². The Morgan fingerprint density at radius 1 is 1.18 bits per heavy atom. The second kappa shape index (κ2) is 7.00. The molecule has 4 heterocycles. The molecular weight excluding hydrogens is 425 g/mol. The van der Waals surface area contributed by atoms with Gasteiger partial charge in [0.2, 0.25) is 5.95 Å². The van der Waals surface area contributed by atoms with Crippen molar-refractivity contribution in [3.8, 4) is 17.8 Å². The van der Waals surface area contributed by atoms with Crippen molar-refractivity contribution in [2.75, 3.05) is 6.61 Å². The topological polar surface area (TPSA) is 104 Å². The fourth-order valence-corrected chi connectivity index (χ4v) is 4.38. The third-order valence-electron chi connectivity index (χ3n) is 6.00. The maximum absolute atomic E-state index is 14.1. The minimum atomic E-state index is -0.437. The first-order valence-electron chi connectivity index (χ1n) is 10.3. The Bertz CT molecular complexity index is 1670. The van der Waals surface area contributed by atoms with Crippen LogP contribution in [0.25, 0.3) is 28.1 Å². The number of fused-ring (bicyclic) bond motifs is 3. The highest BCUT2D eigenvalue weighted by Gasteiger charge is 2.28. The first-order valence-corrected chi connectivity index (χ1v) is 10.3. The Hall–Kier alpha value is -4.52. The number of rotatable bonds is 2. The first kappa shape index (κ1) is 19.2. The normalized spacial score (nSPS) is 15.4. The molecule has 3 aromatic heterocycles. The molecule has 6 rings (SSSR count). The molecule has 1 aliphatic heterocycles. The number of nitrogens with zero attached hydrogens (tertiary/aromatic N) is 7. The van der Waals surface area contributed by atoms with Crippen LogP contribution in [0.15, 0.2) is 53.7 Å². The second-order valence-electron chi connectivity index (χ2n) is 7.86. The van der Waals surface area contributed by atoms with Gasteiger partial charge >= 0.3 is 5.69 Å². The van der Waals surface area contributed by atoms with Gasteiger partial charge in [0.05, 0.1) is 41.5 Å². The monoisotopic (exact) mass is 441 g/mol. The molecule has 0 bridgehead atoms. The maximum atomic E-state index is 14.1. The Morgan fingerprint density at radius 3 is 2.91 bits per heavy atom. The smallest absolute Gasteiger partial charge is 0.330 e. The van der Waals surface area contributed by atoms with Crippen molar-refractivity contribution in [1.29, 1.82) is 5.26 Å².